The smallest absolute Gasteiger partial charge is 0.268 e. The third kappa shape index (κ3) is 2.39. The molecule has 0 saturated carbocycles. The first-order valence-electron chi connectivity index (χ1n) is 6.59. The van der Waals surface area contributed by atoms with Crippen LogP contribution >= 0.6 is 11.6 Å². The van der Waals surface area contributed by atoms with Crippen molar-refractivity contribution in [1.29, 1.82) is 0 Å². The van der Waals surface area contributed by atoms with E-state index in [9.17, 15) is 19.7 Å². The van der Waals surface area contributed by atoms with Crippen molar-refractivity contribution in [3.8, 4) is 0 Å². The van der Waals surface area contributed by atoms with Gasteiger partial charge in [0.25, 0.3) is 11.8 Å². The predicted octanol–water partition coefficient (Wildman–Crippen LogP) is 3.12. The maximum atomic E-state index is 12.5. The van der Waals surface area contributed by atoms with Crippen molar-refractivity contribution in [2.24, 2.45) is 0 Å². The van der Waals surface area contributed by atoms with Gasteiger partial charge in [-0.15, -0.1) is 0 Å². The number of amides is 2. The van der Waals surface area contributed by atoms with Gasteiger partial charge in [0.2, 0.25) is 0 Å². The molecule has 3 rings (SSSR count). The monoisotopic (exact) mass is 328 g/mol. The predicted molar refractivity (Wildman–Crippen MR) is 83.2 cm³/mol. The molecule has 6 nitrogen and oxygen atoms in total. The molecule has 2 aromatic carbocycles. The molecule has 0 unspecified atom stereocenters. The van der Waals surface area contributed by atoms with Crippen LogP contribution < -0.4 is 0 Å². The summed E-state index contributed by atoms with van der Waals surface area (Å²) in [6, 6.07) is 14.3. The molecule has 0 aromatic heterocycles. The highest BCUT2D eigenvalue weighted by molar-refractivity contribution is 6.34. The maximum Gasteiger partial charge on any atom is 0.362 e. The van der Waals surface area contributed by atoms with Gasteiger partial charge in [0.05, 0.1) is 16.1 Å². The highest BCUT2D eigenvalue weighted by Crippen LogP contribution is 2.33. The molecule has 1 aliphatic rings. The van der Waals surface area contributed by atoms with E-state index in [-0.39, 0.29) is 16.8 Å². The first kappa shape index (κ1) is 14.9. The molecule has 0 aliphatic carbocycles. The van der Waals surface area contributed by atoms with Crippen LogP contribution in [-0.4, -0.2) is 21.6 Å². The fourth-order valence-electron chi connectivity index (χ4n) is 2.42. The lowest BCUT2D eigenvalue weighted by atomic mass is 10.1. The number of benzene rings is 2. The maximum absolute atomic E-state index is 12.5. The zero-order chi connectivity index (χ0) is 16.6. The Labute approximate surface area is 135 Å². The van der Waals surface area contributed by atoms with Gasteiger partial charge in [-0.2, -0.15) is 0 Å². The topological polar surface area (TPSA) is 80.5 Å². The van der Waals surface area contributed by atoms with Crippen LogP contribution in [0.5, 0.6) is 0 Å². The summed E-state index contributed by atoms with van der Waals surface area (Å²) in [5.74, 6) is -1.27. The molecule has 0 spiro atoms. The normalized spacial score (nSPS) is 14.6. The quantitative estimate of drug-likeness (QED) is 0.375. The fourth-order valence-corrected chi connectivity index (χ4v) is 2.61. The zero-order valence-electron chi connectivity index (χ0n) is 11.6. The molecular formula is C16H9ClN2O4. The number of carbonyl (C=O) groups is 2. The van der Waals surface area contributed by atoms with E-state index in [0.29, 0.717) is 5.56 Å². The molecule has 7 heteroatoms. The van der Waals surface area contributed by atoms with Gasteiger partial charge in [-0.05, 0) is 23.7 Å². The number of nitro groups is 1. The second kappa shape index (κ2) is 5.66. The first-order valence-corrected chi connectivity index (χ1v) is 6.97. The van der Waals surface area contributed by atoms with E-state index in [1.807, 2.05) is 0 Å². The lowest BCUT2D eigenvalue weighted by Gasteiger charge is -2.16. The summed E-state index contributed by atoms with van der Waals surface area (Å²) >= 11 is 5.80. The molecule has 2 aromatic rings. The van der Waals surface area contributed by atoms with E-state index < -0.39 is 21.9 Å². The minimum atomic E-state index is -0.826. The van der Waals surface area contributed by atoms with E-state index in [2.05, 4.69) is 0 Å². The minimum absolute atomic E-state index is 0.193. The summed E-state index contributed by atoms with van der Waals surface area (Å²) < 4.78 is 0. The Morgan fingerprint density at radius 1 is 0.913 bits per heavy atom. The SMILES string of the molecule is O=C1c2ccccc2C(=O)N1/C(=C(/Cl)[N+](=O)[O-])c1ccccc1. The summed E-state index contributed by atoms with van der Waals surface area (Å²) in [6.45, 7) is 0. The first-order chi connectivity index (χ1) is 11.0. The fraction of sp³-hybridized carbons (Fsp3) is 0. The van der Waals surface area contributed by atoms with Crippen molar-refractivity contribution < 1.29 is 14.5 Å². The second-order valence-corrected chi connectivity index (χ2v) is 5.11. The van der Waals surface area contributed by atoms with Crippen LogP contribution in [0.3, 0.4) is 0 Å². The standard InChI is InChI=1S/C16H9ClN2O4/c17-14(19(22)23)13(10-6-2-1-3-7-10)18-15(20)11-8-4-5-9-12(11)16(18)21/h1-9H/b14-13-. The number of nitrogens with zero attached hydrogens (tertiary/aromatic N) is 2. The van der Waals surface area contributed by atoms with Gasteiger partial charge in [-0.1, -0.05) is 42.5 Å². The van der Waals surface area contributed by atoms with E-state index >= 15 is 0 Å². The van der Waals surface area contributed by atoms with Gasteiger partial charge in [0.15, 0.2) is 5.70 Å². The van der Waals surface area contributed by atoms with Crippen LogP contribution in [0.1, 0.15) is 26.3 Å². The van der Waals surface area contributed by atoms with Gasteiger partial charge in [-0.3, -0.25) is 19.7 Å². The Bertz CT molecular complexity index is 826. The number of imide groups is 1. The molecule has 23 heavy (non-hydrogen) atoms. The van der Waals surface area contributed by atoms with Crippen LogP contribution in [0.2, 0.25) is 0 Å². The second-order valence-electron chi connectivity index (χ2n) is 4.75. The van der Waals surface area contributed by atoms with Crippen LogP contribution in [0.15, 0.2) is 59.8 Å². The number of hydrogen-bond donors (Lipinski definition) is 0. The summed E-state index contributed by atoms with van der Waals surface area (Å²) in [7, 11) is 0. The molecule has 1 aliphatic heterocycles. The van der Waals surface area contributed by atoms with Crippen LogP contribution in [0, 0.1) is 10.1 Å². The summed E-state index contributed by atoms with van der Waals surface area (Å²) in [6.07, 6.45) is 0. The largest absolute Gasteiger partial charge is 0.362 e. The summed E-state index contributed by atoms with van der Waals surface area (Å²) in [5, 5.41) is 10.3. The highest BCUT2D eigenvalue weighted by Gasteiger charge is 2.41. The third-order valence-electron chi connectivity index (χ3n) is 3.42. The van der Waals surface area contributed by atoms with Gasteiger partial charge in [-0.25, -0.2) is 4.90 Å². The Morgan fingerprint density at radius 3 is 1.87 bits per heavy atom. The number of hydrogen-bond acceptors (Lipinski definition) is 4. The Hall–Kier alpha value is -2.99. The third-order valence-corrected chi connectivity index (χ3v) is 3.74. The summed E-state index contributed by atoms with van der Waals surface area (Å²) in [5.41, 5.74) is 0.463. The van der Waals surface area contributed by atoms with Crippen molar-refractivity contribution in [3.05, 3.63) is 86.6 Å². The molecule has 0 fully saturated rings. The van der Waals surface area contributed by atoms with Crippen LogP contribution in [0.25, 0.3) is 5.70 Å². The number of rotatable bonds is 3. The van der Waals surface area contributed by atoms with Crippen LogP contribution in [0.4, 0.5) is 0 Å². The number of halogens is 1. The van der Waals surface area contributed by atoms with Crippen LogP contribution in [-0.2, 0) is 0 Å². The van der Waals surface area contributed by atoms with Crippen molar-refractivity contribution in [2.75, 3.05) is 0 Å². The lowest BCUT2D eigenvalue weighted by molar-refractivity contribution is -0.411. The van der Waals surface area contributed by atoms with E-state index in [1.54, 1.807) is 42.5 Å². The van der Waals surface area contributed by atoms with E-state index in [0.717, 1.165) is 4.90 Å². The van der Waals surface area contributed by atoms with Gasteiger partial charge >= 0.3 is 5.16 Å². The average Bonchev–Trinajstić information content (AvgIpc) is 2.82. The highest BCUT2D eigenvalue weighted by atomic mass is 35.5. The molecular weight excluding hydrogens is 320 g/mol. The summed E-state index contributed by atoms with van der Waals surface area (Å²) in [4.78, 5) is 36.1. The van der Waals surface area contributed by atoms with Crippen molar-refractivity contribution in [2.45, 2.75) is 0 Å². The molecule has 1 heterocycles. The Morgan fingerprint density at radius 2 is 1.39 bits per heavy atom. The molecule has 2 amide bonds. The number of carbonyl (C=O) groups excluding carboxylic acids is 2. The Balaban J connectivity index is 2.21. The van der Waals surface area contributed by atoms with E-state index in [4.69, 9.17) is 11.6 Å². The molecule has 114 valence electrons. The molecule has 0 saturated heterocycles. The average molecular weight is 329 g/mol. The zero-order valence-corrected chi connectivity index (χ0v) is 12.4. The minimum Gasteiger partial charge on any atom is -0.268 e. The van der Waals surface area contributed by atoms with Crippen molar-refractivity contribution in [3.63, 3.8) is 0 Å². The Kier molecular flexibility index (Phi) is 3.67. The van der Waals surface area contributed by atoms with Gasteiger partial charge < -0.3 is 0 Å². The molecule has 0 bridgehead atoms. The van der Waals surface area contributed by atoms with Crippen molar-refractivity contribution in [1.82, 2.24) is 4.90 Å². The van der Waals surface area contributed by atoms with Crippen molar-refractivity contribution >= 4 is 29.1 Å². The van der Waals surface area contributed by atoms with Gasteiger partial charge in [0, 0.05) is 5.56 Å². The molecule has 0 N–H and O–H groups in total. The number of fused-ring (bicyclic) bond motifs is 1. The molecule has 0 radical (unpaired) electrons. The van der Waals surface area contributed by atoms with E-state index in [1.165, 1.54) is 12.1 Å². The molecule has 0 atom stereocenters. The van der Waals surface area contributed by atoms with Gasteiger partial charge in [0.1, 0.15) is 0 Å². The lowest BCUT2D eigenvalue weighted by Crippen LogP contribution is -2.29.